The molecule has 0 radical (unpaired) electrons. The summed E-state index contributed by atoms with van der Waals surface area (Å²) in [6, 6.07) is 12.6. The highest BCUT2D eigenvalue weighted by molar-refractivity contribution is 7.88. The Morgan fingerprint density at radius 3 is 2.54 bits per heavy atom. The second kappa shape index (κ2) is 7.90. The van der Waals surface area contributed by atoms with Crippen LogP contribution in [0.4, 0.5) is 5.82 Å². The van der Waals surface area contributed by atoms with Crippen molar-refractivity contribution in [3.8, 4) is 6.07 Å². The Morgan fingerprint density at radius 2 is 1.88 bits per heavy atom. The molecule has 0 aliphatic carbocycles. The van der Waals surface area contributed by atoms with Crippen molar-refractivity contribution in [3.63, 3.8) is 0 Å². The molecule has 24 heavy (non-hydrogen) atoms. The Balaban J connectivity index is 2.16. The number of sulfonamides is 1. The predicted octanol–water partition coefficient (Wildman–Crippen LogP) is 2.39. The molecule has 0 amide bonds. The molecule has 0 unspecified atom stereocenters. The zero-order valence-electron chi connectivity index (χ0n) is 13.7. The number of benzene rings is 1. The van der Waals surface area contributed by atoms with Gasteiger partial charge in [-0.15, -0.1) is 0 Å². The standard InChI is InChI=1S/C17H20N4O2S/c1-13(2)21-24(22,23)12-16-7-4-3-6-15(16)11-20-17-14(10-18)8-5-9-19-17/h3-9,13,21H,11-12H2,1-2H3,(H,19,20). The fourth-order valence-electron chi connectivity index (χ4n) is 2.29. The molecule has 0 fully saturated rings. The first-order valence-corrected chi connectivity index (χ1v) is 9.22. The van der Waals surface area contributed by atoms with Gasteiger partial charge in [0.1, 0.15) is 11.9 Å². The van der Waals surface area contributed by atoms with Crippen LogP contribution in [0.1, 0.15) is 30.5 Å². The van der Waals surface area contributed by atoms with E-state index in [2.05, 4.69) is 21.1 Å². The van der Waals surface area contributed by atoms with Gasteiger partial charge >= 0.3 is 0 Å². The van der Waals surface area contributed by atoms with Crippen LogP contribution in [-0.2, 0) is 22.3 Å². The number of nitrogens with one attached hydrogen (secondary N) is 2. The highest BCUT2D eigenvalue weighted by atomic mass is 32.2. The van der Waals surface area contributed by atoms with E-state index >= 15 is 0 Å². The predicted molar refractivity (Wildman–Crippen MR) is 93.6 cm³/mol. The maximum absolute atomic E-state index is 12.2. The Bertz CT molecular complexity index is 842. The van der Waals surface area contributed by atoms with E-state index in [9.17, 15) is 8.42 Å². The molecule has 126 valence electrons. The monoisotopic (exact) mass is 344 g/mol. The number of nitrogens with zero attached hydrogens (tertiary/aromatic N) is 2. The summed E-state index contributed by atoms with van der Waals surface area (Å²) in [6.45, 7) is 3.96. The van der Waals surface area contributed by atoms with Crippen molar-refractivity contribution in [2.24, 2.45) is 0 Å². The van der Waals surface area contributed by atoms with Crippen LogP contribution in [0, 0.1) is 11.3 Å². The van der Waals surface area contributed by atoms with Gasteiger partial charge < -0.3 is 5.32 Å². The Labute approximate surface area is 142 Å². The van der Waals surface area contributed by atoms with Gasteiger partial charge in [-0.3, -0.25) is 0 Å². The minimum Gasteiger partial charge on any atom is -0.365 e. The molecule has 0 saturated carbocycles. The number of nitriles is 1. The average molecular weight is 344 g/mol. The van der Waals surface area contributed by atoms with Crippen molar-refractivity contribution in [2.75, 3.05) is 5.32 Å². The number of anilines is 1. The van der Waals surface area contributed by atoms with Gasteiger partial charge in [0.05, 0.1) is 11.3 Å². The number of pyridine rings is 1. The van der Waals surface area contributed by atoms with Crippen LogP contribution in [0.15, 0.2) is 42.6 Å². The lowest BCUT2D eigenvalue weighted by Crippen LogP contribution is -2.31. The minimum absolute atomic E-state index is 0.0869. The second-order valence-electron chi connectivity index (χ2n) is 5.67. The molecule has 1 aromatic carbocycles. The summed E-state index contributed by atoms with van der Waals surface area (Å²) in [6.07, 6.45) is 1.60. The van der Waals surface area contributed by atoms with E-state index < -0.39 is 10.0 Å². The van der Waals surface area contributed by atoms with Crippen LogP contribution < -0.4 is 10.0 Å². The normalized spacial score (nSPS) is 11.2. The molecule has 0 aliphatic heterocycles. The zero-order chi connectivity index (χ0) is 17.6. The maximum Gasteiger partial charge on any atom is 0.216 e. The van der Waals surface area contributed by atoms with Crippen LogP contribution in [0.3, 0.4) is 0 Å². The van der Waals surface area contributed by atoms with Crippen molar-refractivity contribution in [1.82, 2.24) is 9.71 Å². The van der Waals surface area contributed by atoms with E-state index in [1.807, 2.05) is 18.2 Å². The number of hydrogen-bond donors (Lipinski definition) is 2. The highest BCUT2D eigenvalue weighted by Crippen LogP contribution is 2.16. The van der Waals surface area contributed by atoms with Crippen LogP contribution >= 0.6 is 0 Å². The fourth-order valence-corrected chi connectivity index (χ4v) is 3.78. The van der Waals surface area contributed by atoms with Crippen molar-refractivity contribution < 1.29 is 8.42 Å². The number of hydrogen-bond acceptors (Lipinski definition) is 5. The maximum atomic E-state index is 12.2. The average Bonchev–Trinajstić information content (AvgIpc) is 2.52. The third-order valence-electron chi connectivity index (χ3n) is 3.25. The van der Waals surface area contributed by atoms with Crippen molar-refractivity contribution in [2.45, 2.75) is 32.2 Å². The van der Waals surface area contributed by atoms with Gasteiger partial charge in [0, 0.05) is 18.8 Å². The molecule has 0 saturated heterocycles. The van der Waals surface area contributed by atoms with E-state index in [1.54, 1.807) is 38.2 Å². The molecule has 2 aromatic rings. The number of aromatic nitrogens is 1. The first kappa shape index (κ1) is 17.9. The van der Waals surface area contributed by atoms with Gasteiger partial charge in [0.25, 0.3) is 0 Å². The van der Waals surface area contributed by atoms with E-state index in [-0.39, 0.29) is 11.8 Å². The van der Waals surface area contributed by atoms with E-state index in [1.165, 1.54) is 0 Å². The first-order valence-electron chi connectivity index (χ1n) is 7.57. The molecule has 1 aromatic heterocycles. The van der Waals surface area contributed by atoms with Crippen LogP contribution in [0.2, 0.25) is 0 Å². The van der Waals surface area contributed by atoms with Crippen LogP contribution in [0.25, 0.3) is 0 Å². The Morgan fingerprint density at radius 1 is 1.17 bits per heavy atom. The SMILES string of the molecule is CC(C)NS(=O)(=O)Cc1ccccc1CNc1ncccc1C#N. The van der Waals surface area contributed by atoms with Gasteiger partial charge in [-0.2, -0.15) is 5.26 Å². The molecule has 6 nitrogen and oxygen atoms in total. The molecule has 2 rings (SSSR count). The summed E-state index contributed by atoms with van der Waals surface area (Å²) in [5.41, 5.74) is 2.01. The van der Waals surface area contributed by atoms with Gasteiger partial charge in [-0.25, -0.2) is 18.1 Å². The Hall–Kier alpha value is -2.43. The van der Waals surface area contributed by atoms with Crippen molar-refractivity contribution in [1.29, 1.82) is 5.26 Å². The molecule has 1 heterocycles. The summed E-state index contributed by atoms with van der Waals surface area (Å²) in [5.74, 6) is 0.397. The molecule has 2 N–H and O–H groups in total. The molecular formula is C17H20N4O2S. The fraction of sp³-hybridized carbons (Fsp3) is 0.294. The third kappa shape index (κ3) is 5.05. The molecule has 0 atom stereocenters. The van der Waals surface area contributed by atoms with Gasteiger partial charge in [-0.05, 0) is 37.1 Å². The lowest BCUT2D eigenvalue weighted by molar-refractivity contribution is 0.569. The van der Waals surface area contributed by atoms with Crippen molar-refractivity contribution >= 4 is 15.8 Å². The smallest absolute Gasteiger partial charge is 0.216 e. The summed E-state index contributed by atoms with van der Waals surface area (Å²) < 4.78 is 26.9. The Kier molecular flexibility index (Phi) is 5.90. The summed E-state index contributed by atoms with van der Waals surface area (Å²) in [5, 5.41) is 12.2. The summed E-state index contributed by atoms with van der Waals surface area (Å²) >= 11 is 0. The second-order valence-corrected chi connectivity index (χ2v) is 7.42. The van der Waals surface area contributed by atoms with Crippen LogP contribution in [0.5, 0.6) is 0 Å². The summed E-state index contributed by atoms with van der Waals surface area (Å²) in [4.78, 5) is 4.14. The van der Waals surface area contributed by atoms with Crippen LogP contribution in [-0.4, -0.2) is 19.4 Å². The molecule has 7 heteroatoms. The number of rotatable bonds is 7. The van der Waals surface area contributed by atoms with Gasteiger partial charge in [0.2, 0.25) is 10.0 Å². The lowest BCUT2D eigenvalue weighted by Gasteiger charge is -2.14. The molecule has 0 spiro atoms. The van der Waals surface area contributed by atoms with E-state index in [0.29, 0.717) is 23.5 Å². The molecule has 0 aliphatic rings. The molecular weight excluding hydrogens is 324 g/mol. The zero-order valence-corrected chi connectivity index (χ0v) is 14.5. The quantitative estimate of drug-likeness (QED) is 0.804. The highest BCUT2D eigenvalue weighted by Gasteiger charge is 2.15. The van der Waals surface area contributed by atoms with E-state index in [4.69, 9.17) is 5.26 Å². The topological polar surface area (TPSA) is 94.9 Å². The third-order valence-corrected chi connectivity index (χ3v) is 4.78. The van der Waals surface area contributed by atoms with Gasteiger partial charge in [0.15, 0.2) is 0 Å². The lowest BCUT2D eigenvalue weighted by atomic mass is 10.1. The first-order chi connectivity index (χ1) is 11.4. The van der Waals surface area contributed by atoms with Crippen molar-refractivity contribution in [3.05, 3.63) is 59.3 Å². The molecule has 0 bridgehead atoms. The summed E-state index contributed by atoms with van der Waals surface area (Å²) in [7, 11) is -3.40. The van der Waals surface area contributed by atoms with Gasteiger partial charge in [-0.1, -0.05) is 24.3 Å². The van der Waals surface area contributed by atoms with E-state index in [0.717, 1.165) is 5.56 Å². The minimum atomic E-state index is -3.40. The largest absolute Gasteiger partial charge is 0.365 e.